The summed E-state index contributed by atoms with van der Waals surface area (Å²) in [7, 11) is 0. The fourth-order valence-electron chi connectivity index (χ4n) is 1.11. The summed E-state index contributed by atoms with van der Waals surface area (Å²) >= 11 is 10.3. The molecule has 0 aliphatic carbocycles. The van der Waals surface area contributed by atoms with Gasteiger partial charge in [0.1, 0.15) is 0 Å². The number of nitriles is 1. The highest BCUT2D eigenvalue weighted by Gasteiger charge is 2.09. The maximum absolute atomic E-state index is 8.58. The average Bonchev–Trinajstić information content (AvgIpc) is 2.11. The Morgan fingerprint density at radius 2 is 1.87 bits per heavy atom. The molecule has 0 aromatic heterocycles. The smallest absolute Gasteiger partial charge is 0.0643 e. The van der Waals surface area contributed by atoms with Crippen molar-refractivity contribution in [1.29, 1.82) is 5.26 Å². The van der Waals surface area contributed by atoms with Crippen LogP contribution in [0.2, 0.25) is 0 Å². The Morgan fingerprint density at radius 3 is 2.33 bits per heavy atom. The minimum atomic E-state index is 0.128. The second-order valence-electron chi connectivity index (χ2n) is 3.15. The second-order valence-corrected chi connectivity index (χ2v) is 5.78. The Morgan fingerprint density at radius 1 is 1.33 bits per heavy atom. The normalized spacial score (nSPS) is 11.9. The summed E-state index contributed by atoms with van der Waals surface area (Å²) in [6, 6.07) is 6.19. The van der Waals surface area contributed by atoms with Crippen LogP contribution in [0.3, 0.4) is 0 Å². The van der Waals surface area contributed by atoms with E-state index in [0.717, 1.165) is 19.1 Å². The molecule has 2 nitrogen and oxygen atoms in total. The van der Waals surface area contributed by atoms with Crippen molar-refractivity contribution in [3.8, 4) is 6.07 Å². The Hall–Kier alpha value is -0.0500. The molecular formula is C10H9Br3N2. The van der Waals surface area contributed by atoms with Gasteiger partial charge >= 0.3 is 0 Å². The van der Waals surface area contributed by atoms with Crippen LogP contribution in [0.1, 0.15) is 13.3 Å². The highest BCUT2D eigenvalue weighted by Crippen LogP contribution is 2.34. The molecule has 1 unspecified atom stereocenters. The minimum absolute atomic E-state index is 0.128. The van der Waals surface area contributed by atoms with Crippen molar-refractivity contribution in [1.82, 2.24) is 0 Å². The third-order valence-electron chi connectivity index (χ3n) is 1.80. The highest BCUT2D eigenvalue weighted by molar-refractivity contribution is 9.11. The van der Waals surface area contributed by atoms with E-state index in [0.29, 0.717) is 6.42 Å². The number of hydrogen-bond acceptors (Lipinski definition) is 2. The molecule has 5 heteroatoms. The number of nitrogens with zero attached hydrogens (tertiary/aromatic N) is 1. The molecule has 1 rings (SSSR count). The van der Waals surface area contributed by atoms with E-state index in [1.165, 1.54) is 0 Å². The molecule has 0 aliphatic rings. The molecule has 0 aliphatic heterocycles. The van der Waals surface area contributed by atoms with Crippen LogP contribution in [0.4, 0.5) is 5.69 Å². The van der Waals surface area contributed by atoms with Gasteiger partial charge in [-0.05, 0) is 50.9 Å². The molecule has 1 atom stereocenters. The molecule has 0 fully saturated rings. The quantitative estimate of drug-likeness (QED) is 0.804. The topological polar surface area (TPSA) is 35.8 Å². The van der Waals surface area contributed by atoms with Gasteiger partial charge in [-0.3, -0.25) is 0 Å². The van der Waals surface area contributed by atoms with Gasteiger partial charge in [0.2, 0.25) is 0 Å². The van der Waals surface area contributed by atoms with E-state index in [4.69, 9.17) is 5.26 Å². The van der Waals surface area contributed by atoms with Gasteiger partial charge in [-0.1, -0.05) is 15.9 Å². The Bertz CT molecular complexity index is 375. The summed E-state index contributed by atoms with van der Waals surface area (Å²) in [5.41, 5.74) is 0.973. The van der Waals surface area contributed by atoms with Gasteiger partial charge in [0.25, 0.3) is 0 Å². The maximum atomic E-state index is 8.58. The fraction of sp³-hybridized carbons (Fsp3) is 0.300. The van der Waals surface area contributed by atoms with Crippen LogP contribution < -0.4 is 5.32 Å². The lowest BCUT2D eigenvalue weighted by molar-refractivity contribution is 0.819. The van der Waals surface area contributed by atoms with Crippen LogP contribution in [0, 0.1) is 11.3 Å². The monoisotopic (exact) mass is 394 g/mol. The van der Waals surface area contributed by atoms with Crippen LogP contribution in [0.15, 0.2) is 25.6 Å². The predicted molar refractivity (Wildman–Crippen MR) is 72.9 cm³/mol. The highest BCUT2D eigenvalue weighted by atomic mass is 79.9. The van der Waals surface area contributed by atoms with E-state index < -0.39 is 0 Å². The zero-order valence-electron chi connectivity index (χ0n) is 8.02. The summed E-state index contributed by atoms with van der Waals surface area (Å²) in [5.74, 6) is 0. The number of benzene rings is 1. The first-order chi connectivity index (χ1) is 7.04. The van der Waals surface area contributed by atoms with Gasteiger partial charge in [-0.25, -0.2) is 0 Å². The molecule has 0 radical (unpaired) electrons. The van der Waals surface area contributed by atoms with Gasteiger partial charge in [0, 0.05) is 19.5 Å². The summed E-state index contributed by atoms with van der Waals surface area (Å²) in [5, 5.41) is 11.8. The first kappa shape index (κ1) is 13.0. The van der Waals surface area contributed by atoms with Gasteiger partial charge in [-0.15, -0.1) is 0 Å². The van der Waals surface area contributed by atoms with E-state index in [-0.39, 0.29) is 6.04 Å². The third kappa shape index (κ3) is 3.78. The van der Waals surface area contributed by atoms with Crippen molar-refractivity contribution in [3.05, 3.63) is 25.6 Å². The zero-order chi connectivity index (χ0) is 11.4. The second kappa shape index (κ2) is 5.88. The van der Waals surface area contributed by atoms with Gasteiger partial charge < -0.3 is 5.32 Å². The fourth-order valence-corrected chi connectivity index (χ4v) is 3.60. The van der Waals surface area contributed by atoms with Crippen LogP contribution in [0.5, 0.6) is 0 Å². The third-order valence-corrected chi connectivity index (χ3v) is 3.50. The summed E-state index contributed by atoms with van der Waals surface area (Å²) in [6.07, 6.45) is 0.481. The number of rotatable bonds is 3. The average molecular weight is 397 g/mol. The van der Waals surface area contributed by atoms with Crippen molar-refractivity contribution in [3.63, 3.8) is 0 Å². The molecule has 0 saturated carbocycles. The molecule has 0 bridgehead atoms. The lowest BCUT2D eigenvalue weighted by atomic mass is 10.2. The van der Waals surface area contributed by atoms with E-state index in [1.807, 2.05) is 19.1 Å². The standard InChI is InChI=1S/C10H9Br3N2/c1-6(2-3-14)15-10-8(12)4-7(11)5-9(10)13/h4-6,15H,2H2,1H3. The molecule has 80 valence electrons. The molecule has 0 saturated heterocycles. The van der Waals surface area contributed by atoms with Crippen molar-refractivity contribution >= 4 is 53.5 Å². The number of hydrogen-bond donors (Lipinski definition) is 1. The zero-order valence-corrected chi connectivity index (χ0v) is 12.8. The van der Waals surface area contributed by atoms with E-state index in [9.17, 15) is 0 Å². The number of halogens is 3. The lowest BCUT2D eigenvalue weighted by Crippen LogP contribution is -2.14. The van der Waals surface area contributed by atoms with Crippen LogP contribution in [-0.2, 0) is 0 Å². The largest absolute Gasteiger partial charge is 0.380 e. The molecule has 1 N–H and O–H groups in total. The van der Waals surface area contributed by atoms with E-state index in [2.05, 4.69) is 59.2 Å². The summed E-state index contributed by atoms with van der Waals surface area (Å²) in [6.45, 7) is 1.98. The Kier molecular flexibility index (Phi) is 5.10. The molecular weight excluding hydrogens is 388 g/mol. The molecule has 15 heavy (non-hydrogen) atoms. The number of anilines is 1. The van der Waals surface area contributed by atoms with Crippen molar-refractivity contribution in [2.45, 2.75) is 19.4 Å². The molecule has 0 spiro atoms. The van der Waals surface area contributed by atoms with Crippen LogP contribution in [-0.4, -0.2) is 6.04 Å². The van der Waals surface area contributed by atoms with Crippen LogP contribution in [0.25, 0.3) is 0 Å². The SMILES string of the molecule is CC(CC#N)Nc1c(Br)cc(Br)cc1Br. The molecule has 0 amide bonds. The number of nitrogens with one attached hydrogen (secondary N) is 1. The van der Waals surface area contributed by atoms with E-state index in [1.54, 1.807) is 0 Å². The molecule has 1 aromatic rings. The van der Waals surface area contributed by atoms with Gasteiger partial charge in [0.15, 0.2) is 0 Å². The maximum Gasteiger partial charge on any atom is 0.0643 e. The summed E-state index contributed by atoms with van der Waals surface area (Å²) < 4.78 is 2.93. The minimum Gasteiger partial charge on any atom is -0.380 e. The first-order valence-corrected chi connectivity index (χ1v) is 6.70. The van der Waals surface area contributed by atoms with Crippen LogP contribution >= 0.6 is 47.8 Å². The molecule has 0 heterocycles. The lowest BCUT2D eigenvalue weighted by Gasteiger charge is -2.15. The van der Waals surface area contributed by atoms with Gasteiger partial charge in [-0.2, -0.15) is 5.26 Å². The van der Waals surface area contributed by atoms with Crippen molar-refractivity contribution in [2.24, 2.45) is 0 Å². The Labute approximate surface area is 114 Å². The van der Waals surface area contributed by atoms with Crippen molar-refractivity contribution < 1.29 is 0 Å². The van der Waals surface area contributed by atoms with Gasteiger partial charge in [0.05, 0.1) is 18.2 Å². The molecule has 1 aromatic carbocycles. The first-order valence-electron chi connectivity index (χ1n) is 4.32. The summed E-state index contributed by atoms with van der Waals surface area (Å²) in [4.78, 5) is 0. The Balaban J connectivity index is 2.91. The van der Waals surface area contributed by atoms with Crippen molar-refractivity contribution in [2.75, 3.05) is 5.32 Å². The predicted octanol–water partition coefficient (Wildman–Crippen LogP) is 4.69. The van der Waals surface area contributed by atoms with E-state index >= 15 is 0 Å².